The molecule has 2 aromatic rings. The molecule has 106 valence electrons. The van der Waals surface area contributed by atoms with Gasteiger partial charge in [-0.25, -0.2) is 0 Å². The van der Waals surface area contributed by atoms with Gasteiger partial charge in [0.1, 0.15) is 11.9 Å². The fraction of sp³-hybridized carbons (Fsp3) is 0.294. The average molecular weight is 335 g/mol. The van der Waals surface area contributed by atoms with E-state index >= 15 is 0 Å². The molecule has 0 heterocycles. The average Bonchev–Trinajstić information content (AvgIpc) is 2.41. The van der Waals surface area contributed by atoms with E-state index in [1.165, 1.54) is 0 Å². The number of aryl methyl sites for hydroxylation is 2. The highest BCUT2D eigenvalue weighted by Gasteiger charge is 2.16. The van der Waals surface area contributed by atoms with Crippen molar-refractivity contribution in [3.63, 3.8) is 0 Å². The second-order valence-corrected chi connectivity index (χ2v) is 5.90. The van der Waals surface area contributed by atoms with E-state index < -0.39 is 6.10 Å². The molecule has 0 fully saturated rings. The number of halogens is 1. The van der Waals surface area contributed by atoms with Gasteiger partial charge in [0.25, 0.3) is 0 Å². The van der Waals surface area contributed by atoms with Crippen molar-refractivity contribution < 1.29 is 9.84 Å². The first-order valence-electron chi connectivity index (χ1n) is 6.54. The molecule has 0 amide bonds. The Balaban J connectivity index is 2.49. The molecule has 0 aliphatic heterocycles. The third kappa shape index (κ3) is 2.74. The normalized spacial score (nSPS) is 12.3. The van der Waals surface area contributed by atoms with Crippen LogP contribution in [0.3, 0.4) is 0 Å². The maximum atomic E-state index is 10.6. The molecular weight excluding hydrogens is 316 g/mol. The fourth-order valence-electron chi connectivity index (χ4n) is 2.56. The minimum absolute atomic E-state index is 0.629. The van der Waals surface area contributed by atoms with Crippen molar-refractivity contribution in [3.8, 4) is 5.75 Å². The Morgan fingerprint density at radius 2 is 1.70 bits per heavy atom. The summed E-state index contributed by atoms with van der Waals surface area (Å²) >= 11 is 3.51. The molecule has 0 saturated carbocycles. The van der Waals surface area contributed by atoms with E-state index in [1.807, 2.05) is 51.1 Å². The Bertz CT molecular complexity index is 612. The van der Waals surface area contributed by atoms with Crippen LogP contribution in [0.1, 0.15) is 33.9 Å². The molecule has 0 aromatic heterocycles. The number of ether oxygens (including phenoxy) is 1. The number of hydrogen-bond acceptors (Lipinski definition) is 2. The second-order valence-electron chi connectivity index (χ2n) is 5.04. The van der Waals surface area contributed by atoms with Crippen LogP contribution in [0.25, 0.3) is 0 Å². The summed E-state index contributed by atoms with van der Waals surface area (Å²) in [6.07, 6.45) is -0.629. The van der Waals surface area contributed by atoms with Crippen LogP contribution in [-0.2, 0) is 0 Å². The maximum absolute atomic E-state index is 10.6. The smallest absolute Gasteiger partial charge is 0.124 e. The highest BCUT2D eigenvalue weighted by molar-refractivity contribution is 9.10. The lowest BCUT2D eigenvalue weighted by Crippen LogP contribution is -2.04. The predicted octanol–water partition coefficient (Wildman–Crippen LogP) is 4.46. The molecule has 1 atom stereocenters. The topological polar surface area (TPSA) is 29.5 Å². The lowest BCUT2D eigenvalue weighted by molar-refractivity contribution is 0.219. The number of aliphatic hydroxyl groups excluding tert-OH is 1. The van der Waals surface area contributed by atoms with Crippen LogP contribution in [0.2, 0.25) is 0 Å². The van der Waals surface area contributed by atoms with Crippen molar-refractivity contribution in [2.75, 3.05) is 7.11 Å². The Labute approximate surface area is 128 Å². The molecule has 2 aromatic carbocycles. The fourth-order valence-corrected chi connectivity index (χ4v) is 2.95. The largest absolute Gasteiger partial charge is 0.496 e. The summed E-state index contributed by atoms with van der Waals surface area (Å²) in [5.41, 5.74) is 4.94. The predicted molar refractivity (Wildman–Crippen MR) is 85.4 cm³/mol. The van der Waals surface area contributed by atoms with Gasteiger partial charge >= 0.3 is 0 Å². The van der Waals surface area contributed by atoms with Crippen molar-refractivity contribution in [1.82, 2.24) is 0 Å². The monoisotopic (exact) mass is 334 g/mol. The number of benzene rings is 2. The van der Waals surface area contributed by atoms with E-state index in [0.717, 1.165) is 38.0 Å². The van der Waals surface area contributed by atoms with Crippen LogP contribution in [-0.4, -0.2) is 12.2 Å². The first-order valence-corrected chi connectivity index (χ1v) is 7.33. The lowest BCUT2D eigenvalue weighted by Gasteiger charge is -2.18. The molecule has 20 heavy (non-hydrogen) atoms. The minimum atomic E-state index is -0.629. The molecule has 0 bridgehead atoms. The Hall–Kier alpha value is -1.32. The summed E-state index contributed by atoms with van der Waals surface area (Å²) < 4.78 is 6.38. The van der Waals surface area contributed by atoms with Crippen LogP contribution >= 0.6 is 15.9 Å². The van der Waals surface area contributed by atoms with E-state index in [0.29, 0.717) is 0 Å². The SMILES string of the molecule is COc1c(C)cc(C(O)c2cccc(Br)c2C)cc1C. The third-order valence-electron chi connectivity index (χ3n) is 3.61. The summed E-state index contributed by atoms with van der Waals surface area (Å²) in [4.78, 5) is 0. The third-order valence-corrected chi connectivity index (χ3v) is 4.47. The molecule has 0 saturated heterocycles. The molecule has 1 N–H and O–H groups in total. The molecule has 0 spiro atoms. The van der Waals surface area contributed by atoms with Gasteiger partial charge in [0.2, 0.25) is 0 Å². The molecular formula is C17H19BrO2. The second kappa shape index (κ2) is 5.98. The summed E-state index contributed by atoms with van der Waals surface area (Å²) in [6, 6.07) is 9.85. The van der Waals surface area contributed by atoms with E-state index in [2.05, 4.69) is 15.9 Å². The number of hydrogen-bond donors (Lipinski definition) is 1. The zero-order chi connectivity index (χ0) is 14.9. The van der Waals surface area contributed by atoms with E-state index in [9.17, 15) is 5.11 Å². The van der Waals surface area contributed by atoms with Crippen LogP contribution in [0.15, 0.2) is 34.8 Å². The van der Waals surface area contributed by atoms with Crippen molar-refractivity contribution in [2.45, 2.75) is 26.9 Å². The van der Waals surface area contributed by atoms with Gasteiger partial charge in [0, 0.05) is 4.47 Å². The summed E-state index contributed by atoms with van der Waals surface area (Å²) in [7, 11) is 1.67. The molecule has 2 nitrogen and oxygen atoms in total. The lowest BCUT2D eigenvalue weighted by atomic mass is 9.94. The van der Waals surface area contributed by atoms with Gasteiger partial charge < -0.3 is 9.84 Å². The molecule has 3 heteroatoms. The summed E-state index contributed by atoms with van der Waals surface area (Å²) in [6.45, 7) is 6.00. The standard InChI is InChI=1S/C17H19BrO2/c1-10-8-13(9-11(2)17(10)20-4)16(19)14-6-5-7-15(18)12(14)3/h5-9,16,19H,1-4H3. The van der Waals surface area contributed by atoms with Crippen molar-refractivity contribution >= 4 is 15.9 Å². The Kier molecular flexibility index (Phi) is 4.51. The first kappa shape index (κ1) is 15.1. The minimum Gasteiger partial charge on any atom is -0.496 e. The van der Waals surface area contributed by atoms with Gasteiger partial charge in [0.15, 0.2) is 0 Å². The first-order chi connectivity index (χ1) is 9.45. The molecule has 2 rings (SSSR count). The van der Waals surface area contributed by atoms with Crippen LogP contribution in [0.5, 0.6) is 5.75 Å². The zero-order valence-electron chi connectivity index (χ0n) is 12.2. The van der Waals surface area contributed by atoms with Gasteiger partial charge in [-0.2, -0.15) is 0 Å². The van der Waals surface area contributed by atoms with Gasteiger partial charge in [-0.3, -0.25) is 0 Å². The van der Waals surface area contributed by atoms with Gasteiger partial charge in [-0.05, 0) is 66.8 Å². The van der Waals surface area contributed by atoms with Crippen molar-refractivity contribution in [3.05, 3.63) is 62.6 Å². The van der Waals surface area contributed by atoms with Crippen LogP contribution in [0, 0.1) is 20.8 Å². The highest BCUT2D eigenvalue weighted by atomic mass is 79.9. The Morgan fingerprint density at radius 1 is 1.10 bits per heavy atom. The van der Waals surface area contributed by atoms with Crippen LogP contribution in [0.4, 0.5) is 0 Å². The van der Waals surface area contributed by atoms with E-state index in [4.69, 9.17) is 4.74 Å². The molecule has 1 unspecified atom stereocenters. The van der Waals surface area contributed by atoms with E-state index in [-0.39, 0.29) is 0 Å². The van der Waals surface area contributed by atoms with E-state index in [1.54, 1.807) is 7.11 Å². The molecule has 0 aliphatic rings. The van der Waals surface area contributed by atoms with Gasteiger partial charge in [-0.1, -0.05) is 28.1 Å². The number of rotatable bonds is 3. The van der Waals surface area contributed by atoms with Crippen LogP contribution < -0.4 is 4.74 Å². The zero-order valence-corrected chi connectivity index (χ0v) is 13.8. The quantitative estimate of drug-likeness (QED) is 0.897. The molecule has 0 radical (unpaired) electrons. The highest BCUT2D eigenvalue weighted by Crippen LogP contribution is 2.32. The number of aliphatic hydroxyl groups is 1. The van der Waals surface area contributed by atoms with Crippen molar-refractivity contribution in [1.29, 1.82) is 0 Å². The van der Waals surface area contributed by atoms with Crippen molar-refractivity contribution in [2.24, 2.45) is 0 Å². The van der Waals surface area contributed by atoms with Gasteiger partial charge in [0.05, 0.1) is 7.11 Å². The molecule has 0 aliphatic carbocycles. The summed E-state index contributed by atoms with van der Waals surface area (Å²) in [5, 5.41) is 10.6. The Morgan fingerprint density at radius 3 is 2.25 bits per heavy atom. The van der Waals surface area contributed by atoms with Gasteiger partial charge in [-0.15, -0.1) is 0 Å². The summed E-state index contributed by atoms with van der Waals surface area (Å²) in [5.74, 6) is 0.881. The maximum Gasteiger partial charge on any atom is 0.124 e. The number of methoxy groups -OCH3 is 1.